The fraction of sp³-hybridized carbons (Fsp3) is 0.600. The fourth-order valence-corrected chi connectivity index (χ4v) is 3.30. The van der Waals surface area contributed by atoms with E-state index in [9.17, 15) is 0 Å². The van der Waals surface area contributed by atoms with Gasteiger partial charge in [-0.15, -0.1) is 11.8 Å². The van der Waals surface area contributed by atoms with Gasteiger partial charge in [-0.2, -0.15) is 5.48 Å². The van der Waals surface area contributed by atoms with E-state index in [1.165, 1.54) is 36.1 Å². The van der Waals surface area contributed by atoms with Gasteiger partial charge in [0.05, 0.1) is 6.10 Å². The van der Waals surface area contributed by atoms with E-state index in [0.29, 0.717) is 25.9 Å². The standard InChI is InChI=1S/C15H21NO3S/c1-20-15-9-14-13(17-6-7-18-14)8-11(15)10-16-19-12-4-2-3-5-12/h8-9,12,16H,2-7,10H2,1H3. The van der Waals surface area contributed by atoms with Crippen molar-refractivity contribution in [1.29, 1.82) is 0 Å². The second-order valence-corrected chi connectivity index (χ2v) is 6.00. The molecule has 0 saturated heterocycles. The predicted octanol–water partition coefficient (Wildman–Crippen LogP) is 3.14. The molecule has 3 rings (SSSR count). The number of benzene rings is 1. The molecule has 20 heavy (non-hydrogen) atoms. The van der Waals surface area contributed by atoms with Crippen LogP contribution in [0.2, 0.25) is 0 Å². The number of thioether (sulfide) groups is 1. The quantitative estimate of drug-likeness (QED) is 0.667. The molecule has 0 amide bonds. The zero-order valence-electron chi connectivity index (χ0n) is 11.8. The maximum atomic E-state index is 5.72. The van der Waals surface area contributed by atoms with Crippen LogP contribution in [0.3, 0.4) is 0 Å². The number of hydroxylamine groups is 1. The van der Waals surface area contributed by atoms with E-state index in [0.717, 1.165) is 11.5 Å². The number of rotatable bonds is 5. The first-order chi connectivity index (χ1) is 9.86. The molecule has 1 aliphatic heterocycles. The minimum Gasteiger partial charge on any atom is -0.486 e. The van der Waals surface area contributed by atoms with Gasteiger partial charge in [-0.05, 0) is 36.8 Å². The normalized spacial score (nSPS) is 18.4. The first-order valence-corrected chi connectivity index (χ1v) is 8.44. The lowest BCUT2D eigenvalue weighted by atomic mass is 10.2. The van der Waals surface area contributed by atoms with Crippen molar-refractivity contribution in [3.05, 3.63) is 17.7 Å². The van der Waals surface area contributed by atoms with E-state index in [-0.39, 0.29) is 0 Å². The highest BCUT2D eigenvalue weighted by Gasteiger charge is 2.17. The summed E-state index contributed by atoms with van der Waals surface area (Å²) >= 11 is 1.72. The van der Waals surface area contributed by atoms with Crippen LogP contribution in [-0.2, 0) is 11.4 Å². The Morgan fingerprint density at radius 3 is 2.60 bits per heavy atom. The maximum Gasteiger partial charge on any atom is 0.162 e. The van der Waals surface area contributed by atoms with Gasteiger partial charge < -0.3 is 9.47 Å². The Kier molecular flexibility index (Phi) is 4.70. The second kappa shape index (κ2) is 6.70. The summed E-state index contributed by atoms with van der Waals surface area (Å²) in [6.07, 6.45) is 7.36. The summed E-state index contributed by atoms with van der Waals surface area (Å²) in [5.41, 5.74) is 4.31. The Hall–Kier alpha value is -0.910. The average Bonchev–Trinajstić information content (AvgIpc) is 3.00. The predicted molar refractivity (Wildman–Crippen MR) is 79.4 cm³/mol. The van der Waals surface area contributed by atoms with Crippen molar-refractivity contribution in [2.75, 3.05) is 19.5 Å². The van der Waals surface area contributed by atoms with Crippen LogP contribution in [0.15, 0.2) is 17.0 Å². The summed E-state index contributed by atoms with van der Waals surface area (Å²) in [4.78, 5) is 6.92. The van der Waals surface area contributed by atoms with Crippen molar-refractivity contribution in [1.82, 2.24) is 5.48 Å². The molecule has 1 aromatic carbocycles. The van der Waals surface area contributed by atoms with Gasteiger partial charge in [-0.1, -0.05) is 12.8 Å². The minimum absolute atomic E-state index is 0.380. The van der Waals surface area contributed by atoms with Crippen LogP contribution in [0.5, 0.6) is 11.5 Å². The highest BCUT2D eigenvalue weighted by molar-refractivity contribution is 7.98. The topological polar surface area (TPSA) is 39.7 Å². The first-order valence-electron chi connectivity index (χ1n) is 7.22. The summed E-state index contributed by atoms with van der Waals surface area (Å²) in [5, 5.41) is 0. The van der Waals surface area contributed by atoms with Gasteiger partial charge in [-0.25, -0.2) is 0 Å². The van der Waals surface area contributed by atoms with Crippen molar-refractivity contribution < 1.29 is 14.3 Å². The monoisotopic (exact) mass is 295 g/mol. The maximum absolute atomic E-state index is 5.72. The number of hydrogen-bond acceptors (Lipinski definition) is 5. The Labute approximate surface area is 124 Å². The smallest absolute Gasteiger partial charge is 0.162 e. The molecule has 1 N–H and O–H groups in total. The Morgan fingerprint density at radius 2 is 1.90 bits per heavy atom. The molecular weight excluding hydrogens is 274 g/mol. The molecule has 0 spiro atoms. The molecule has 0 radical (unpaired) electrons. The zero-order valence-corrected chi connectivity index (χ0v) is 12.6. The van der Waals surface area contributed by atoms with E-state index in [1.54, 1.807) is 11.8 Å². The van der Waals surface area contributed by atoms with Gasteiger partial charge in [0.25, 0.3) is 0 Å². The van der Waals surface area contributed by atoms with Crippen molar-refractivity contribution in [3.8, 4) is 11.5 Å². The van der Waals surface area contributed by atoms with Crippen LogP contribution in [0.4, 0.5) is 0 Å². The molecular formula is C15H21NO3S. The number of fused-ring (bicyclic) bond motifs is 1. The molecule has 5 heteroatoms. The minimum atomic E-state index is 0.380. The number of ether oxygens (including phenoxy) is 2. The summed E-state index contributed by atoms with van der Waals surface area (Å²) in [6, 6.07) is 4.12. The van der Waals surface area contributed by atoms with E-state index >= 15 is 0 Å². The third-order valence-electron chi connectivity index (χ3n) is 3.76. The van der Waals surface area contributed by atoms with E-state index in [4.69, 9.17) is 14.3 Å². The largest absolute Gasteiger partial charge is 0.486 e. The van der Waals surface area contributed by atoms with E-state index in [1.807, 2.05) is 0 Å². The number of hydrogen-bond donors (Lipinski definition) is 1. The highest BCUT2D eigenvalue weighted by atomic mass is 32.2. The molecule has 1 fully saturated rings. The molecule has 1 aliphatic carbocycles. The summed E-state index contributed by atoms with van der Waals surface area (Å²) in [6.45, 7) is 1.95. The van der Waals surface area contributed by atoms with Gasteiger partial charge in [-0.3, -0.25) is 4.84 Å². The third-order valence-corrected chi connectivity index (χ3v) is 4.58. The van der Waals surface area contributed by atoms with Crippen LogP contribution < -0.4 is 15.0 Å². The highest BCUT2D eigenvalue weighted by Crippen LogP contribution is 2.36. The molecule has 2 aliphatic rings. The lowest BCUT2D eigenvalue weighted by Crippen LogP contribution is -2.22. The molecule has 0 aromatic heterocycles. The van der Waals surface area contributed by atoms with Crippen LogP contribution in [-0.4, -0.2) is 25.6 Å². The van der Waals surface area contributed by atoms with Gasteiger partial charge in [0.1, 0.15) is 13.2 Å². The molecule has 1 saturated carbocycles. The Bertz CT molecular complexity index is 461. The van der Waals surface area contributed by atoms with Crippen LogP contribution >= 0.6 is 11.8 Å². The van der Waals surface area contributed by atoms with Crippen molar-refractivity contribution in [3.63, 3.8) is 0 Å². The third kappa shape index (κ3) is 3.22. The van der Waals surface area contributed by atoms with Crippen LogP contribution in [0.1, 0.15) is 31.2 Å². The van der Waals surface area contributed by atoms with Gasteiger partial charge in [0.15, 0.2) is 11.5 Å². The molecule has 0 atom stereocenters. The fourth-order valence-electron chi connectivity index (χ4n) is 2.68. The molecule has 1 heterocycles. The van der Waals surface area contributed by atoms with Crippen LogP contribution in [0.25, 0.3) is 0 Å². The zero-order chi connectivity index (χ0) is 13.8. The second-order valence-electron chi connectivity index (χ2n) is 5.15. The molecule has 0 bridgehead atoms. The van der Waals surface area contributed by atoms with Crippen molar-refractivity contribution >= 4 is 11.8 Å². The van der Waals surface area contributed by atoms with Gasteiger partial charge in [0.2, 0.25) is 0 Å². The van der Waals surface area contributed by atoms with Crippen LogP contribution in [0, 0.1) is 0 Å². The van der Waals surface area contributed by atoms with Crippen molar-refractivity contribution in [2.24, 2.45) is 0 Å². The molecule has 1 aromatic rings. The molecule has 110 valence electrons. The van der Waals surface area contributed by atoms with E-state index < -0.39 is 0 Å². The Balaban J connectivity index is 1.64. The summed E-state index contributed by atoms with van der Waals surface area (Å²) in [5.74, 6) is 1.69. The Morgan fingerprint density at radius 1 is 1.20 bits per heavy atom. The summed E-state index contributed by atoms with van der Waals surface area (Å²) < 4.78 is 11.3. The number of nitrogens with one attached hydrogen (secondary N) is 1. The first kappa shape index (κ1) is 14.0. The average molecular weight is 295 g/mol. The molecule has 4 nitrogen and oxygen atoms in total. The molecule has 0 unspecified atom stereocenters. The van der Waals surface area contributed by atoms with E-state index in [2.05, 4.69) is 23.9 Å². The SMILES string of the molecule is CSc1cc2c(cc1CNOC1CCCC1)OCCO2. The lowest BCUT2D eigenvalue weighted by Gasteiger charge is -2.21. The van der Waals surface area contributed by atoms with Crippen molar-refractivity contribution in [2.45, 2.75) is 43.2 Å². The van der Waals surface area contributed by atoms with Gasteiger partial charge in [0, 0.05) is 11.4 Å². The lowest BCUT2D eigenvalue weighted by molar-refractivity contribution is -0.0247. The van der Waals surface area contributed by atoms with Gasteiger partial charge >= 0.3 is 0 Å². The summed E-state index contributed by atoms with van der Waals surface area (Å²) in [7, 11) is 0.